The fourth-order valence-electron chi connectivity index (χ4n) is 3.73. The predicted octanol–water partition coefficient (Wildman–Crippen LogP) is 1.57. The minimum atomic E-state index is -0.767. The lowest BCUT2D eigenvalue weighted by atomic mass is 9.89. The van der Waals surface area contributed by atoms with E-state index in [1.807, 2.05) is 46.8 Å². The average Bonchev–Trinajstić information content (AvgIpc) is 3.25. The molecule has 1 aromatic carbocycles. The topological polar surface area (TPSA) is 72.0 Å². The second-order valence-corrected chi connectivity index (χ2v) is 7.14. The lowest BCUT2D eigenvalue weighted by Crippen LogP contribution is -2.49. The number of aryl methyl sites for hydroxylation is 1. The number of para-hydroxylation sites is 1. The Kier molecular flexibility index (Phi) is 4.57. The molecule has 4 rings (SSSR count). The highest BCUT2D eigenvalue weighted by Crippen LogP contribution is 2.26. The van der Waals surface area contributed by atoms with Crippen LogP contribution in [0.2, 0.25) is 0 Å². The monoisotopic (exact) mass is 352 g/mol. The third-order valence-corrected chi connectivity index (χ3v) is 5.03. The van der Waals surface area contributed by atoms with E-state index in [0.29, 0.717) is 13.0 Å². The Morgan fingerprint density at radius 1 is 1.19 bits per heavy atom. The second-order valence-electron chi connectivity index (χ2n) is 7.14. The third kappa shape index (κ3) is 3.54. The van der Waals surface area contributed by atoms with Crippen LogP contribution in [0.1, 0.15) is 24.4 Å². The van der Waals surface area contributed by atoms with E-state index in [9.17, 15) is 5.11 Å². The molecule has 0 radical (unpaired) electrons. The lowest BCUT2D eigenvalue weighted by Gasteiger charge is -2.39. The number of β-amino-alcohol motifs (C(OH)–C–C–N with tert-alkyl or cyclic N) is 1. The van der Waals surface area contributed by atoms with Gasteiger partial charge in [-0.15, -0.1) is 10.2 Å². The Morgan fingerprint density at radius 2 is 2.04 bits per heavy atom. The van der Waals surface area contributed by atoms with Gasteiger partial charge in [0.05, 0.1) is 17.0 Å². The van der Waals surface area contributed by atoms with Gasteiger partial charge in [-0.1, -0.05) is 18.2 Å². The maximum Gasteiger partial charge on any atom is 0.135 e. The molecular formula is C19H24N6O. The van der Waals surface area contributed by atoms with Gasteiger partial charge in [0.1, 0.15) is 12.2 Å². The first-order valence-corrected chi connectivity index (χ1v) is 8.99. The highest BCUT2D eigenvalue weighted by Gasteiger charge is 2.35. The molecule has 7 heteroatoms. The fraction of sp³-hybridized carbons (Fsp3) is 0.421. The molecule has 2 aromatic heterocycles. The first kappa shape index (κ1) is 16.9. The van der Waals surface area contributed by atoms with Crippen LogP contribution in [-0.4, -0.2) is 53.2 Å². The molecule has 7 nitrogen and oxygen atoms in total. The molecule has 1 aliphatic rings. The summed E-state index contributed by atoms with van der Waals surface area (Å²) in [6.07, 6.45) is 5.79. The summed E-state index contributed by atoms with van der Waals surface area (Å²) in [5.74, 6) is 0.823. The normalized spacial score (nSPS) is 21.2. The molecule has 1 saturated heterocycles. The first-order chi connectivity index (χ1) is 12.6. The van der Waals surface area contributed by atoms with Crippen molar-refractivity contribution in [2.45, 2.75) is 31.4 Å². The van der Waals surface area contributed by atoms with Crippen molar-refractivity contribution in [1.82, 2.24) is 29.4 Å². The van der Waals surface area contributed by atoms with Crippen molar-refractivity contribution in [2.75, 3.05) is 13.1 Å². The van der Waals surface area contributed by atoms with Crippen LogP contribution < -0.4 is 0 Å². The number of hydrogen-bond donors (Lipinski definition) is 1. The molecule has 3 aromatic rings. The van der Waals surface area contributed by atoms with Crippen molar-refractivity contribution in [3.05, 3.63) is 60.4 Å². The van der Waals surface area contributed by atoms with E-state index in [1.165, 1.54) is 0 Å². The number of aromatic nitrogens is 5. The van der Waals surface area contributed by atoms with Crippen molar-refractivity contribution in [3.63, 3.8) is 0 Å². The molecular weight excluding hydrogens is 328 g/mol. The molecule has 0 saturated carbocycles. The molecule has 1 N–H and O–H groups in total. The van der Waals surface area contributed by atoms with Gasteiger partial charge in [0, 0.05) is 32.8 Å². The van der Waals surface area contributed by atoms with Gasteiger partial charge in [-0.2, -0.15) is 5.10 Å². The van der Waals surface area contributed by atoms with Crippen LogP contribution in [0.4, 0.5) is 0 Å². The number of hydrogen-bond acceptors (Lipinski definition) is 5. The van der Waals surface area contributed by atoms with E-state index in [0.717, 1.165) is 43.1 Å². The van der Waals surface area contributed by atoms with Crippen molar-refractivity contribution >= 4 is 0 Å². The number of piperidine rings is 1. The van der Waals surface area contributed by atoms with Gasteiger partial charge in [-0.3, -0.25) is 4.90 Å². The summed E-state index contributed by atoms with van der Waals surface area (Å²) in [4.78, 5) is 2.30. The zero-order valence-electron chi connectivity index (χ0n) is 15.0. The number of nitrogens with zero attached hydrogens (tertiary/aromatic N) is 6. The zero-order chi connectivity index (χ0) is 18.0. The fourth-order valence-corrected chi connectivity index (χ4v) is 3.73. The van der Waals surface area contributed by atoms with Gasteiger partial charge >= 0.3 is 0 Å². The van der Waals surface area contributed by atoms with Gasteiger partial charge in [-0.05, 0) is 37.6 Å². The molecule has 0 spiro atoms. The standard InChI is InChI=1S/C19H24N6O/c1-23-15-20-22-18(23)12-19(26)9-5-11-24(14-19)13-17-8-10-21-25(17)16-6-3-2-4-7-16/h2-4,6-8,10,15,26H,5,9,11-14H2,1H3. The Bertz CT molecular complexity index is 858. The maximum atomic E-state index is 11.1. The van der Waals surface area contributed by atoms with Crippen LogP contribution in [0.3, 0.4) is 0 Å². The van der Waals surface area contributed by atoms with E-state index >= 15 is 0 Å². The van der Waals surface area contributed by atoms with Crippen LogP contribution in [0, 0.1) is 0 Å². The van der Waals surface area contributed by atoms with Crippen molar-refractivity contribution in [3.8, 4) is 5.69 Å². The van der Waals surface area contributed by atoms with Crippen molar-refractivity contribution < 1.29 is 5.11 Å². The number of rotatable bonds is 5. The Morgan fingerprint density at radius 3 is 2.81 bits per heavy atom. The molecule has 1 unspecified atom stereocenters. The van der Waals surface area contributed by atoms with Crippen molar-refractivity contribution in [2.24, 2.45) is 7.05 Å². The summed E-state index contributed by atoms with van der Waals surface area (Å²) in [5, 5.41) is 23.6. The molecule has 1 fully saturated rings. The summed E-state index contributed by atoms with van der Waals surface area (Å²) < 4.78 is 3.84. The van der Waals surface area contributed by atoms with E-state index < -0.39 is 5.60 Å². The van der Waals surface area contributed by atoms with Crippen LogP contribution in [0.5, 0.6) is 0 Å². The largest absolute Gasteiger partial charge is 0.388 e. The molecule has 3 heterocycles. The van der Waals surface area contributed by atoms with Crippen LogP contribution >= 0.6 is 0 Å². The van der Waals surface area contributed by atoms with Crippen molar-refractivity contribution in [1.29, 1.82) is 0 Å². The maximum absolute atomic E-state index is 11.1. The highest BCUT2D eigenvalue weighted by molar-refractivity contribution is 5.32. The third-order valence-electron chi connectivity index (χ3n) is 5.03. The Hall–Kier alpha value is -2.51. The summed E-state index contributed by atoms with van der Waals surface area (Å²) in [6.45, 7) is 2.36. The summed E-state index contributed by atoms with van der Waals surface area (Å²) in [7, 11) is 1.91. The van der Waals surface area contributed by atoms with Crippen LogP contribution in [0.15, 0.2) is 48.9 Å². The number of benzene rings is 1. The number of likely N-dealkylation sites (tertiary alicyclic amines) is 1. The van der Waals surface area contributed by atoms with E-state index in [1.54, 1.807) is 6.33 Å². The summed E-state index contributed by atoms with van der Waals surface area (Å²) in [5.41, 5.74) is 1.41. The van der Waals surface area contributed by atoms with Gasteiger partial charge < -0.3 is 9.67 Å². The minimum absolute atomic E-state index is 0.526. The zero-order valence-corrected chi connectivity index (χ0v) is 15.0. The van der Waals surface area contributed by atoms with E-state index in [-0.39, 0.29) is 0 Å². The number of aliphatic hydroxyl groups is 1. The van der Waals surface area contributed by atoms with E-state index in [2.05, 4.69) is 32.3 Å². The van der Waals surface area contributed by atoms with Gasteiger partial charge in [0.2, 0.25) is 0 Å². The van der Waals surface area contributed by atoms with Crippen LogP contribution in [0.25, 0.3) is 5.69 Å². The van der Waals surface area contributed by atoms with Gasteiger partial charge in [0.15, 0.2) is 0 Å². The SMILES string of the molecule is Cn1cnnc1CC1(O)CCCN(Cc2ccnn2-c2ccccc2)C1. The Balaban J connectivity index is 1.48. The summed E-state index contributed by atoms with van der Waals surface area (Å²) >= 11 is 0. The van der Waals surface area contributed by atoms with E-state index in [4.69, 9.17) is 0 Å². The van der Waals surface area contributed by atoms with Crippen LogP contribution in [-0.2, 0) is 20.0 Å². The molecule has 1 atom stereocenters. The quantitative estimate of drug-likeness (QED) is 0.755. The first-order valence-electron chi connectivity index (χ1n) is 8.99. The average molecular weight is 352 g/mol. The van der Waals surface area contributed by atoms with Gasteiger partial charge in [-0.25, -0.2) is 4.68 Å². The minimum Gasteiger partial charge on any atom is -0.388 e. The summed E-state index contributed by atoms with van der Waals surface area (Å²) in [6, 6.07) is 12.2. The molecule has 136 valence electrons. The smallest absolute Gasteiger partial charge is 0.135 e. The Labute approximate surface area is 152 Å². The predicted molar refractivity (Wildman–Crippen MR) is 97.7 cm³/mol. The highest BCUT2D eigenvalue weighted by atomic mass is 16.3. The molecule has 0 bridgehead atoms. The van der Waals surface area contributed by atoms with Gasteiger partial charge in [0.25, 0.3) is 0 Å². The molecule has 26 heavy (non-hydrogen) atoms. The molecule has 0 amide bonds. The molecule has 0 aliphatic carbocycles. The molecule has 1 aliphatic heterocycles. The lowest BCUT2D eigenvalue weighted by molar-refractivity contribution is -0.0349. The second kappa shape index (κ2) is 7.01.